The molecule has 0 heterocycles. The van der Waals surface area contributed by atoms with E-state index in [9.17, 15) is 29.7 Å². The summed E-state index contributed by atoms with van der Waals surface area (Å²) < 4.78 is -0.452. The summed E-state index contributed by atoms with van der Waals surface area (Å²) in [7, 11) is 0. The Bertz CT molecular complexity index is 753. The number of hydrogen-bond donors (Lipinski definition) is 3. The normalized spacial score (nSPS) is 14.0. The molecule has 0 saturated heterocycles. The van der Waals surface area contributed by atoms with Gasteiger partial charge < -0.3 is 29.7 Å². The van der Waals surface area contributed by atoms with Gasteiger partial charge in [-0.3, -0.25) is 0 Å². The third kappa shape index (κ3) is 29.9. The maximum atomic E-state index is 11.7. The molecule has 0 N–H and O–H groups in total. The number of unbranched alkanes of at least 4 members (excludes halogenated alkanes) is 5. The van der Waals surface area contributed by atoms with Crippen LogP contribution in [0, 0.1) is 29.1 Å². The van der Waals surface area contributed by atoms with Crippen molar-refractivity contribution in [3.8, 4) is 0 Å². The van der Waals surface area contributed by atoms with Gasteiger partial charge in [0.25, 0.3) is 0 Å². The van der Waals surface area contributed by atoms with E-state index >= 15 is 0 Å². The zero-order valence-electron chi connectivity index (χ0n) is 34.7. The van der Waals surface area contributed by atoms with Crippen molar-refractivity contribution in [1.82, 2.24) is 0 Å². The zero-order valence-corrected chi connectivity index (χ0v) is 43.1. The quantitative estimate of drug-likeness (QED) is 0.0456. The number of aliphatic carboxylic acids is 3. The van der Waals surface area contributed by atoms with Crippen LogP contribution in [-0.2, 0) is 14.4 Å². The van der Waals surface area contributed by atoms with Gasteiger partial charge in [0.2, 0.25) is 0 Å². The molecule has 0 rings (SSSR count). The van der Waals surface area contributed by atoms with Crippen molar-refractivity contribution in [2.45, 2.75) is 191 Å². The third-order valence-electron chi connectivity index (χ3n) is 9.94. The van der Waals surface area contributed by atoms with Crippen molar-refractivity contribution in [1.29, 1.82) is 0 Å². The number of rotatable bonds is 26. The number of carboxylic acids is 3. The Morgan fingerprint density at radius 2 is 0.980 bits per heavy atom. The molecular weight excluding hydrogens is 910 g/mol. The maximum absolute atomic E-state index is 11.7. The van der Waals surface area contributed by atoms with Gasteiger partial charge in [0, 0.05) is 39.9 Å². The van der Waals surface area contributed by atoms with E-state index in [1.54, 1.807) is 22.5 Å². The molecule has 0 aliphatic rings. The summed E-state index contributed by atoms with van der Waals surface area (Å²) >= 11 is 14.6. The minimum atomic E-state index is -0.949. The Hall–Kier alpha value is 1.06. The predicted molar refractivity (Wildman–Crippen MR) is 228 cm³/mol. The molecule has 0 aromatic carbocycles. The zero-order chi connectivity index (χ0) is 40.9. The van der Waals surface area contributed by atoms with Crippen molar-refractivity contribution < 1.29 is 29.7 Å². The molecule has 6 nitrogen and oxygen atoms in total. The van der Waals surface area contributed by atoms with Crippen molar-refractivity contribution in [2.75, 3.05) is 11.5 Å². The molecule has 51 heavy (non-hydrogen) atoms. The van der Waals surface area contributed by atoms with Crippen LogP contribution < -0.4 is 15.3 Å². The van der Waals surface area contributed by atoms with Gasteiger partial charge in [-0.2, -0.15) is 37.9 Å². The molecule has 0 amide bonds. The Morgan fingerprint density at radius 3 is 1.20 bits per heavy atom. The molecule has 5 atom stereocenters. The Kier molecular flexibility index (Phi) is 50.7. The first kappa shape index (κ1) is 61.3. The first-order chi connectivity index (χ1) is 24.2. The molecule has 0 aromatic heterocycles. The molecule has 0 aromatic rings. The molecule has 0 aliphatic heterocycles. The van der Waals surface area contributed by atoms with Crippen LogP contribution in [0.25, 0.3) is 0 Å². The first-order valence-electron chi connectivity index (χ1n) is 19.8. The van der Waals surface area contributed by atoms with Crippen LogP contribution >= 0.6 is 37.9 Å². The molecule has 0 saturated carbocycles. The monoisotopic (exact) mass is 992 g/mol. The second-order valence-corrected chi connectivity index (χ2v) is 17.9. The van der Waals surface area contributed by atoms with Crippen LogP contribution in [0.15, 0.2) is 0 Å². The molecule has 0 bridgehead atoms. The average molecular weight is 991 g/mol. The Morgan fingerprint density at radius 1 is 0.627 bits per heavy atom. The fourth-order valence-corrected chi connectivity index (χ4v) is 7.17. The van der Waals surface area contributed by atoms with Gasteiger partial charge in [-0.15, -0.1) is 0 Å². The van der Waals surface area contributed by atoms with Gasteiger partial charge in [0.1, 0.15) is 0 Å². The van der Waals surface area contributed by atoms with Gasteiger partial charge in [-0.05, 0) is 61.9 Å². The second-order valence-electron chi connectivity index (χ2n) is 13.5. The van der Waals surface area contributed by atoms with Crippen LogP contribution in [0.4, 0.5) is 0 Å². The number of carboxylic acid groups (broad SMARTS) is 3. The molecular formula is C40H80O6S3Sn2+2. The summed E-state index contributed by atoms with van der Waals surface area (Å²) in [6.45, 7) is 16.7. The van der Waals surface area contributed by atoms with Crippen LogP contribution in [0.3, 0.4) is 0 Å². The van der Waals surface area contributed by atoms with Crippen LogP contribution in [0.1, 0.15) is 171 Å². The van der Waals surface area contributed by atoms with Crippen molar-refractivity contribution >= 4 is 99.5 Å². The topological polar surface area (TPSA) is 120 Å². The van der Waals surface area contributed by atoms with E-state index < -0.39 is 28.1 Å². The summed E-state index contributed by atoms with van der Waals surface area (Å²) in [6.07, 6.45) is 17.8. The standard InChI is InChI=1S/C15H30O2S.2C11H22O2S.3CH3.2Sn/c1-5-9-10-11-12-14(6-2,13(16)17)15(18,7-3)8-4;2*1-3-5-6-9(4-2)7-10(8-14)11(12)13;;;;;/h18H,5-12H2,1-4H3,(H,16,17);2*9-10,14H,3-8H2,1-2H3,(H,12,13);3*1H3;;/q;;;;;;+2;+3/p-3. The fourth-order valence-electron chi connectivity index (χ4n) is 6.21. The third-order valence-corrected chi connectivity index (χ3v) is 11.9. The first-order valence-corrected chi connectivity index (χ1v) is 30.1. The van der Waals surface area contributed by atoms with Crippen molar-refractivity contribution in [3.05, 3.63) is 0 Å². The summed E-state index contributed by atoms with van der Waals surface area (Å²) in [5, 5.41) is 33.1. The van der Waals surface area contributed by atoms with E-state index in [2.05, 4.69) is 74.7 Å². The molecule has 0 spiro atoms. The Balaban J connectivity index is -0.000000196. The molecule has 5 unspecified atom stereocenters. The van der Waals surface area contributed by atoms with Gasteiger partial charge in [-0.1, -0.05) is 132 Å². The number of carbonyl (C=O) groups is 3. The number of hydrogen-bond acceptors (Lipinski definition) is 9. The van der Waals surface area contributed by atoms with Gasteiger partial charge >= 0.3 is 58.5 Å². The number of carbonyl (C=O) groups excluding carboxylic acids is 3. The number of thiol groups is 3. The SMILES string of the molecule is CCCCC(CC)CC(CS)C(=O)[O-].CCCCC(CC)CC(CS)C(=O)[O-].CCCCCCC(CC)(C(=O)[O-])C(S)(CC)CC.[CH3][Sn+2][CH3].[CH3][Sn+3]. The van der Waals surface area contributed by atoms with Gasteiger partial charge in [-0.25, -0.2) is 0 Å². The van der Waals surface area contributed by atoms with E-state index in [1.165, 1.54) is 32.1 Å². The molecule has 0 aliphatic carbocycles. The van der Waals surface area contributed by atoms with Crippen LogP contribution in [0.2, 0.25) is 14.8 Å². The van der Waals surface area contributed by atoms with E-state index in [-0.39, 0.29) is 33.0 Å². The summed E-state index contributed by atoms with van der Waals surface area (Å²) in [5.41, 5.74) is -0.784. The van der Waals surface area contributed by atoms with Gasteiger partial charge in [0.05, 0.1) is 0 Å². The second kappa shape index (κ2) is 42.2. The summed E-state index contributed by atoms with van der Waals surface area (Å²) in [6, 6.07) is 0. The van der Waals surface area contributed by atoms with Crippen molar-refractivity contribution in [3.63, 3.8) is 0 Å². The molecule has 11 heteroatoms. The summed E-state index contributed by atoms with van der Waals surface area (Å²) in [4.78, 5) is 39.8. The molecule has 0 radical (unpaired) electrons. The van der Waals surface area contributed by atoms with Crippen LogP contribution in [-0.4, -0.2) is 77.8 Å². The van der Waals surface area contributed by atoms with E-state index in [0.717, 1.165) is 70.6 Å². The molecule has 0 fully saturated rings. The predicted octanol–water partition coefficient (Wildman–Crippen LogP) is 8.36. The van der Waals surface area contributed by atoms with E-state index in [0.29, 0.717) is 36.2 Å². The summed E-state index contributed by atoms with van der Waals surface area (Å²) in [5.74, 6) is -1.74. The minimum absolute atomic E-state index is 0.230. The van der Waals surface area contributed by atoms with E-state index in [4.69, 9.17) is 12.6 Å². The Labute approximate surface area is 357 Å². The van der Waals surface area contributed by atoms with Gasteiger partial charge in [0.15, 0.2) is 0 Å². The molecule has 300 valence electrons. The van der Waals surface area contributed by atoms with E-state index in [1.807, 2.05) is 20.8 Å². The average Bonchev–Trinajstić information content (AvgIpc) is 3.13. The fraction of sp³-hybridized carbons (Fsp3) is 0.925. The van der Waals surface area contributed by atoms with Crippen molar-refractivity contribution in [2.24, 2.45) is 29.1 Å². The van der Waals surface area contributed by atoms with Crippen LogP contribution in [0.5, 0.6) is 0 Å².